The molecule has 4 aliphatic rings. The average Bonchev–Trinajstić information content (AvgIpc) is 3.32. The first-order valence-electron chi connectivity index (χ1n) is 16.5. The highest BCUT2D eigenvalue weighted by molar-refractivity contribution is 6.06. The van der Waals surface area contributed by atoms with Gasteiger partial charge >= 0.3 is 0 Å². The summed E-state index contributed by atoms with van der Waals surface area (Å²) in [6.07, 6.45) is 0. The van der Waals surface area contributed by atoms with Crippen LogP contribution in [0.25, 0.3) is 11.1 Å². The molecule has 0 amide bonds. The zero-order valence-corrected chi connectivity index (χ0v) is 30.3. The second-order valence-electron chi connectivity index (χ2n) is 17.7. The SMILES string of the molecule is CC1(C)N=C2N(c3ccc(-c4ccccc4N4C5=NC(C)(C)C(C)(C)N5C(C)(C)C4(C)C)cc3)C(C)(C)C(C)(C)N2C1(C)C. The van der Waals surface area contributed by atoms with Crippen molar-refractivity contribution in [3.63, 3.8) is 0 Å². The Kier molecular flexibility index (Phi) is 5.92. The van der Waals surface area contributed by atoms with Crippen LogP contribution >= 0.6 is 0 Å². The summed E-state index contributed by atoms with van der Waals surface area (Å²) in [6, 6.07) is 18.0. The summed E-state index contributed by atoms with van der Waals surface area (Å²) >= 11 is 0. The summed E-state index contributed by atoms with van der Waals surface area (Å²) in [7, 11) is 0. The minimum atomic E-state index is -0.207. The second kappa shape index (κ2) is 8.41. The third-order valence-electron chi connectivity index (χ3n) is 13.5. The highest BCUT2D eigenvalue weighted by Gasteiger charge is 2.67. The van der Waals surface area contributed by atoms with Crippen molar-refractivity contribution in [1.82, 2.24) is 9.80 Å². The van der Waals surface area contributed by atoms with Gasteiger partial charge in [0.1, 0.15) is 0 Å². The zero-order chi connectivity index (χ0) is 32.8. The number of anilines is 2. The summed E-state index contributed by atoms with van der Waals surface area (Å²) in [5, 5.41) is 0. The summed E-state index contributed by atoms with van der Waals surface area (Å²) in [6.45, 7) is 37.3. The second-order valence-corrected chi connectivity index (χ2v) is 17.7. The maximum absolute atomic E-state index is 5.41. The molecule has 0 unspecified atom stereocenters. The van der Waals surface area contributed by atoms with E-state index in [0.717, 1.165) is 11.9 Å². The van der Waals surface area contributed by atoms with Crippen LogP contribution in [-0.4, -0.2) is 66.0 Å². The third kappa shape index (κ3) is 3.43. The lowest BCUT2D eigenvalue weighted by molar-refractivity contribution is 0.0528. The van der Waals surface area contributed by atoms with Gasteiger partial charge in [0, 0.05) is 11.3 Å². The Morgan fingerprint density at radius 2 is 0.841 bits per heavy atom. The van der Waals surface area contributed by atoms with E-state index in [1.54, 1.807) is 0 Å². The van der Waals surface area contributed by atoms with Gasteiger partial charge in [-0.3, -0.25) is 0 Å². The molecular weight excluding hydrogens is 540 g/mol. The largest absolute Gasteiger partial charge is 0.327 e. The zero-order valence-electron chi connectivity index (χ0n) is 30.3. The van der Waals surface area contributed by atoms with E-state index in [-0.39, 0.29) is 44.3 Å². The molecule has 2 fully saturated rings. The smallest absolute Gasteiger partial charge is 0.203 e. The van der Waals surface area contributed by atoms with Gasteiger partial charge in [-0.15, -0.1) is 0 Å². The van der Waals surface area contributed by atoms with Gasteiger partial charge in [-0.05, 0) is 135 Å². The Morgan fingerprint density at radius 3 is 1.32 bits per heavy atom. The molecule has 238 valence electrons. The van der Waals surface area contributed by atoms with E-state index < -0.39 is 0 Å². The van der Waals surface area contributed by atoms with Crippen LogP contribution in [0.2, 0.25) is 0 Å². The van der Waals surface area contributed by atoms with E-state index in [4.69, 9.17) is 9.98 Å². The fourth-order valence-electron chi connectivity index (χ4n) is 8.26. The van der Waals surface area contributed by atoms with Gasteiger partial charge in [0.2, 0.25) is 11.9 Å². The van der Waals surface area contributed by atoms with Crippen LogP contribution in [0.5, 0.6) is 0 Å². The van der Waals surface area contributed by atoms with Crippen LogP contribution in [0, 0.1) is 0 Å². The number of hydrogen-bond donors (Lipinski definition) is 0. The molecule has 2 saturated heterocycles. The highest BCUT2D eigenvalue weighted by atomic mass is 15.6. The Balaban J connectivity index is 1.44. The first-order chi connectivity index (χ1) is 19.9. The van der Waals surface area contributed by atoms with E-state index in [9.17, 15) is 0 Å². The molecule has 0 saturated carbocycles. The topological polar surface area (TPSA) is 37.7 Å². The lowest BCUT2D eigenvalue weighted by atomic mass is 9.75. The molecule has 0 atom stereocenters. The van der Waals surface area contributed by atoms with Crippen molar-refractivity contribution in [2.45, 2.75) is 155 Å². The molecular formula is C38H56N6. The number of fused-ring (bicyclic) bond motifs is 2. The average molecular weight is 597 g/mol. The summed E-state index contributed by atoms with van der Waals surface area (Å²) < 4.78 is 0. The molecule has 4 heterocycles. The molecule has 0 aromatic heterocycles. The van der Waals surface area contributed by atoms with Crippen molar-refractivity contribution in [3.05, 3.63) is 48.5 Å². The minimum absolute atomic E-state index is 0.104. The number of aliphatic imine (C=N–C) groups is 2. The van der Waals surface area contributed by atoms with E-state index in [2.05, 4.69) is 179 Å². The number of nitrogens with zero attached hydrogens (tertiary/aromatic N) is 6. The molecule has 0 bridgehead atoms. The molecule has 6 nitrogen and oxygen atoms in total. The predicted molar refractivity (Wildman–Crippen MR) is 188 cm³/mol. The Morgan fingerprint density at radius 1 is 0.432 bits per heavy atom. The number of guanidine groups is 2. The summed E-state index contributed by atoms with van der Waals surface area (Å²) in [5.41, 5.74) is 3.58. The molecule has 0 spiro atoms. The first-order valence-corrected chi connectivity index (χ1v) is 16.5. The van der Waals surface area contributed by atoms with Crippen molar-refractivity contribution in [3.8, 4) is 11.1 Å². The van der Waals surface area contributed by atoms with Crippen molar-refractivity contribution in [1.29, 1.82) is 0 Å². The first kappa shape index (κ1) is 31.0. The summed E-state index contributed by atoms with van der Waals surface area (Å²) in [4.78, 5) is 20.9. The van der Waals surface area contributed by atoms with Crippen molar-refractivity contribution < 1.29 is 0 Å². The van der Waals surface area contributed by atoms with E-state index >= 15 is 0 Å². The maximum Gasteiger partial charge on any atom is 0.203 e. The Hall–Kier alpha value is -3.02. The standard InChI is InChI=1S/C38H56N6/c1-31(2)33(5,6)43-29(39-31)41(35(9,10)37(43,13)14)26-23-21-25(22-24-26)27-19-17-18-20-28(27)42-30-40-32(3,4)34(7,8)44(30)38(15,16)36(42,11)12/h17-24H,1-16H3. The number of hydrogen-bond acceptors (Lipinski definition) is 6. The fraction of sp³-hybridized carbons (Fsp3) is 0.632. The maximum atomic E-state index is 5.41. The van der Waals surface area contributed by atoms with Gasteiger partial charge < -0.3 is 19.6 Å². The van der Waals surface area contributed by atoms with Gasteiger partial charge in [-0.1, -0.05) is 30.3 Å². The molecule has 6 rings (SSSR count). The third-order valence-corrected chi connectivity index (χ3v) is 13.5. The van der Waals surface area contributed by atoms with Gasteiger partial charge in [-0.25, -0.2) is 9.98 Å². The molecule has 4 aliphatic heterocycles. The lowest BCUT2D eigenvalue weighted by Gasteiger charge is -2.50. The quantitative estimate of drug-likeness (QED) is 0.356. The number of rotatable bonds is 3. The van der Waals surface area contributed by atoms with Crippen LogP contribution in [-0.2, 0) is 0 Å². The number of para-hydroxylation sites is 1. The van der Waals surface area contributed by atoms with Crippen LogP contribution < -0.4 is 9.80 Å². The van der Waals surface area contributed by atoms with Crippen LogP contribution in [0.1, 0.15) is 111 Å². The molecule has 6 heteroatoms. The normalized spacial score (nSPS) is 27.3. The van der Waals surface area contributed by atoms with Gasteiger partial charge in [0.15, 0.2) is 0 Å². The van der Waals surface area contributed by atoms with Crippen molar-refractivity contribution in [2.75, 3.05) is 9.80 Å². The van der Waals surface area contributed by atoms with Crippen LogP contribution in [0.15, 0.2) is 58.5 Å². The predicted octanol–water partition coefficient (Wildman–Crippen LogP) is 8.57. The fourth-order valence-corrected chi connectivity index (χ4v) is 8.26. The van der Waals surface area contributed by atoms with Crippen LogP contribution in [0.4, 0.5) is 11.4 Å². The Labute approximate surface area is 267 Å². The van der Waals surface area contributed by atoms with E-state index in [1.807, 2.05) is 0 Å². The Bertz CT molecular complexity index is 1580. The summed E-state index contributed by atoms with van der Waals surface area (Å²) in [5.74, 6) is 2.15. The molecule has 2 aromatic rings. The minimum Gasteiger partial charge on any atom is -0.327 e. The molecule has 0 aliphatic carbocycles. The molecule has 2 aromatic carbocycles. The van der Waals surface area contributed by atoms with Gasteiger partial charge in [-0.2, -0.15) is 0 Å². The monoisotopic (exact) mass is 596 g/mol. The number of benzene rings is 2. The van der Waals surface area contributed by atoms with Gasteiger partial charge in [0.05, 0.1) is 50.0 Å². The molecule has 0 N–H and O–H groups in total. The van der Waals surface area contributed by atoms with Crippen LogP contribution in [0.3, 0.4) is 0 Å². The molecule has 44 heavy (non-hydrogen) atoms. The van der Waals surface area contributed by atoms with Crippen molar-refractivity contribution >= 4 is 23.3 Å². The van der Waals surface area contributed by atoms with Crippen molar-refractivity contribution in [2.24, 2.45) is 9.98 Å². The lowest BCUT2D eigenvalue weighted by Crippen LogP contribution is -2.63. The van der Waals surface area contributed by atoms with E-state index in [0.29, 0.717) is 0 Å². The molecule has 0 radical (unpaired) electrons. The van der Waals surface area contributed by atoms with Gasteiger partial charge in [0.25, 0.3) is 0 Å². The highest BCUT2D eigenvalue weighted by Crippen LogP contribution is 2.56. The van der Waals surface area contributed by atoms with E-state index in [1.165, 1.54) is 22.5 Å².